The molecule has 1 aliphatic heterocycles. The molecule has 8 nitrogen and oxygen atoms in total. The Morgan fingerprint density at radius 2 is 1.84 bits per heavy atom. The van der Waals surface area contributed by atoms with Crippen LogP contribution in [0, 0.1) is 0 Å². The number of amides is 3. The molecule has 0 atom stereocenters. The first-order valence-corrected chi connectivity index (χ1v) is 10.4. The normalized spacial score (nSPS) is 14.7. The van der Waals surface area contributed by atoms with E-state index in [-0.39, 0.29) is 30.9 Å². The van der Waals surface area contributed by atoms with Crippen molar-refractivity contribution >= 4 is 34.9 Å². The van der Waals surface area contributed by atoms with Crippen molar-refractivity contribution in [3.8, 4) is 17.2 Å². The van der Waals surface area contributed by atoms with Crippen LogP contribution < -0.4 is 19.9 Å². The summed E-state index contributed by atoms with van der Waals surface area (Å²) in [5, 5.41) is -0.348. The molecule has 1 saturated heterocycles. The number of thioether (sulfide) groups is 1. The summed E-state index contributed by atoms with van der Waals surface area (Å²) in [4.78, 5) is 37.4. The summed E-state index contributed by atoms with van der Waals surface area (Å²) in [6, 6.07) is 14.2. The Hall–Kier alpha value is -3.46. The second-order valence-corrected chi connectivity index (χ2v) is 7.38. The third-order valence-corrected chi connectivity index (χ3v) is 5.04. The summed E-state index contributed by atoms with van der Waals surface area (Å²) in [5.41, 5.74) is 5.77. The lowest BCUT2D eigenvalue weighted by Crippen LogP contribution is -2.32. The Bertz CT molecular complexity index is 993. The Balaban J connectivity index is 1.68. The maximum absolute atomic E-state index is 12.7. The second kappa shape index (κ2) is 10.5. The summed E-state index contributed by atoms with van der Waals surface area (Å²) in [6.07, 6.45) is 1.61. The average Bonchev–Trinajstić information content (AvgIpc) is 3.01. The topological polar surface area (TPSA) is 108 Å². The van der Waals surface area contributed by atoms with Gasteiger partial charge in [0.15, 0.2) is 18.1 Å². The van der Waals surface area contributed by atoms with Crippen LogP contribution in [0.25, 0.3) is 6.08 Å². The molecule has 0 bridgehead atoms. The summed E-state index contributed by atoms with van der Waals surface area (Å²) < 4.78 is 16.5. The minimum absolute atomic E-state index is 0.154. The molecule has 0 aromatic heterocycles. The predicted molar refractivity (Wildman–Crippen MR) is 117 cm³/mol. The number of hydrogen-bond acceptors (Lipinski definition) is 7. The lowest BCUT2D eigenvalue weighted by molar-refractivity contribution is -0.123. The molecule has 1 aliphatic rings. The van der Waals surface area contributed by atoms with E-state index in [0.717, 1.165) is 16.7 Å². The van der Waals surface area contributed by atoms with Gasteiger partial charge in [0.25, 0.3) is 17.1 Å². The van der Waals surface area contributed by atoms with Crippen LogP contribution in [0.4, 0.5) is 4.79 Å². The van der Waals surface area contributed by atoms with Crippen molar-refractivity contribution in [2.45, 2.75) is 6.92 Å². The molecular weight excluding hydrogens is 420 g/mol. The highest BCUT2D eigenvalue weighted by molar-refractivity contribution is 8.18. The molecule has 162 valence electrons. The number of primary amides is 1. The fraction of sp³-hybridized carbons (Fsp3) is 0.227. The van der Waals surface area contributed by atoms with Gasteiger partial charge < -0.3 is 19.9 Å². The van der Waals surface area contributed by atoms with Crippen molar-refractivity contribution in [3.05, 3.63) is 59.0 Å². The molecule has 1 fully saturated rings. The molecule has 3 amide bonds. The highest BCUT2D eigenvalue weighted by atomic mass is 32.2. The van der Waals surface area contributed by atoms with E-state index >= 15 is 0 Å². The van der Waals surface area contributed by atoms with Gasteiger partial charge in [0, 0.05) is 0 Å². The number of hydrogen-bond donors (Lipinski definition) is 1. The quantitative estimate of drug-likeness (QED) is 0.563. The zero-order valence-electron chi connectivity index (χ0n) is 16.9. The van der Waals surface area contributed by atoms with E-state index in [0.29, 0.717) is 34.3 Å². The van der Waals surface area contributed by atoms with E-state index in [1.807, 2.05) is 25.1 Å². The van der Waals surface area contributed by atoms with Crippen molar-refractivity contribution in [1.82, 2.24) is 4.90 Å². The van der Waals surface area contributed by atoms with Crippen LogP contribution in [0.2, 0.25) is 0 Å². The number of carbonyl (C=O) groups is 3. The number of nitrogens with zero attached hydrogens (tertiary/aromatic N) is 1. The second-order valence-electron chi connectivity index (χ2n) is 6.39. The van der Waals surface area contributed by atoms with Crippen LogP contribution in [-0.4, -0.2) is 48.3 Å². The molecule has 2 aromatic rings. The van der Waals surface area contributed by atoms with Gasteiger partial charge in [-0.25, -0.2) is 0 Å². The summed E-state index contributed by atoms with van der Waals surface area (Å²) in [5.74, 6) is 0.471. The van der Waals surface area contributed by atoms with Gasteiger partial charge in [0.2, 0.25) is 0 Å². The SMILES string of the molecule is CCOc1cc(/C=C2\SC(=O)N(CCOc3ccccc3)C2=O)ccc1OCC(N)=O. The number of nitrogens with two attached hydrogens (primary N) is 1. The summed E-state index contributed by atoms with van der Waals surface area (Å²) in [6.45, 7) is 2.28. The number of para-hydroxylation sites is 1. The van der Waals surface area contributed by atoms with Crippen LogP contribution in [0.5, 0.6) is 17.2 Å². The molecular formula is C22H22N2O6S. The number of imide groups is 1. The maximum atomic E-state index is 12.7. The minimum Gasteiger partial charge on any atom is -0.492 e. The number of carbonyl (C=O) groups excluding carboxylic acids is 3. The van der Waals surface area contributed by atoms with E-state index in [2.05, 4.69) is 0 Å². The summed E-state index contributed by atoms with van der Waals surface area (Å²) in [7, 11) is 0. The third kappa shape index (κ3) is 6.02. The van der Waals surface area contributed by atoms with Crippen molar-refractivity contribution in [1.29, 1.82) is 0 Å². The number of ether oxygens (including phenoxy) is 3. The van der Waals surface area contributed by atoms with Crippen molar-refractivity contribution < 1.29 is 28.6 Å². The van der Waals surface area contributed by atoms with Crippen molar-refractivity contribution in [2.75, 3.05) is 26.4 Å². The van der Waals surface area contributed by atoms with Gasteiger partial charge in [-0.2, -0.15) is 0 Å². The largest absolute Gasteiger partial charge is 0.492 e. The number of rotatable bonds is 10. The van der Waals surface area contributed by atoms with Gasteiger partial charge in [-0.15, -0.1) is 0 Å². The van der Waals surface area contributed by atoms with Crippen molar-refractivity contribution in [3.63, 3.8) is 0 Å². The van der Waals surface area contributed by atoms with Gasteiger partial charge in [0.05, 0.1) is 18.1 Å². The lowest BCUT2D eigenvalue weighted by atomic mass is 10.2. The van der Waals surface area contributed by atoms with E-state index in [1.165, 1.54) is 0 Å². The van der Waals surface area contributed by atoms with E-state index in [9.17, 15) is 14.4 Å². The molecule has 3 rings (SSSR count). The smallest absolute Gasteiger partial charge is 0.293 e. The van der Waals surface area contributed by atoms with Crippen LogP contribution in [-0.2, 0) is 9.59 Å². The van der Waals surface area contributed by atoms with Gasteiger partial charge >= 0.3 is 0 Å². The van der Waals surface area contributed by atoms with Crippen LogP contribution in [0.1, 0.15) is 12.5 Å². The first-order valence-electron chi connectivity index (χ1n) is 9.59. The highest BCUT2D eigenvalue weighted by Gasteiger charge is 2.34. The standard InChI is InChI=1S/C22H22N2O6S/c1-2-28-18-12-15(8-9-17(18)30-14-20(23)25)13-19-21(26)24(22(27)31-19)10-11-29-16-6-4-3-5-7-16/h3-9,12-13H,2,10-11,14H2,1H3,(H2,23,25)/b19-13-. The zero-order chi connectivity index (χ0) is 22.2. The molecule has 0 radical (unpaired) electrons. The first kappa shape index (κ1) is 22.2. The molecule has 31 heavy (non-hydrogen) atoms. The first-order chi connectivity index (χ1) is 15.0. The molecule has 9 heteroatoms. The Morgan fingerprint density at radius 3 is 2.55 bits per heavy atom. The average molecular weight is 442 g/mol. The monoisotopic (exact) mass is 442 g/mol. The Kier molecular flexibility index (Phi) is 7.55. The van der Waals surface area contributed by atoms with Gasteiger partial charge in [0.1, 0.15) is 12.4 Å². The van der Waals surface area contributed by atoms with Gasteiger partial charge in [-0.1, -0.05) is 24.3 Å². The lowest BCUT2D eigenvalue weighted by Gasteiger charge is -2.13. The maximum Gasteiger partial charge on any atom is 0.293 e. The van der Waals surface area contributed by atoms with Crippen LogP contribution >= 0.6 is 11.8 Å². The van der Waals surface area contributed by atoms with Crippen molar-refractivity contribution in [2.24, 2.45) is 5.73 Å². The zero-order valence-corrected chi connectivity index (χ0v) is 17.7. The molecule has 0 spiro atoms. The van der Waals surface area contributed by atoms with E-state index in [4.69, 9.17) is 19.9 Å². The third-order valence-electron chi connectivity index (χ3n) is 4.14. The van der Waals surface area contributed by atoms with Crippen LogP contribution in [0.15, 0.2) is 53.4 Å². The van der Waals surface area contributed by atoms with Crippen LogP contribution in [0.3, 0.4) is 0 Å². The fourth-order valence-electron chi connectivity index (χ4n) is 2.77. The minimum atomic E-state index is -0.601. The molecule has 2 aromatic carbocycles. The molecule has 0 saturated carbocycles. The molecule has 2 N–H and O–H groups in total. The van der Waals surface area contributed by atoms with E-state index in [1.54, 1.807) is 36.4 Å². The Labute approximate surface area is 183 Å². The molecule has 1 heterocycles. The molecule has 0 unspecified atom stereocenters. The molecule has 0 aliphatic carbocycles. The Morgan fingerprint density at radius 1 is 1.06 bits per heavy atom. The fourth-order valence-corrected chi connectivity index (χ4v) is 3.63. The van der Waals surface area contributed by atoms with E-state index < -0.39 is 5.91 Å². The highest BCUT2D eigenvalue weighted by Crippen LogP contribution is 2.34. The number of benzene rings is 2. The predicted octanol–water partition coefficient (Wildman–Crippen LogP) is 3.06. The van der Waals surface area contributed by atoms with Gasteiger partial charge in [-0.05, 0) is 54.6 Å². The summed E-state index contributed by atoms with van der Waals surface area (Å²) >= 11 is 0.870. The van der Waals surface area contributed by atoms with Gasteiger partial charge in [-0.3, -0.25) is 19.3 Å².